The molecular weight excluding hydrogens is 446 g/mol. The number of amides is 1. The average Bonchev–Trinajstić information content (AvgIpc) is 3.00. The lowest BCUT2D eigenvalue weighted by molar-refractivity contribution is -0.140. The van der Waals surface area contributed by atoms with Gasteiger partial charge in [0.2, 0.25) is 0 Å². The predicted octanol–water partition coefficient (Wildman–Crippen LogP) is 4.95. The number of H-pyrrole nitrogens is 1. The number of carbonyl (C=O) groups is 1. The maximum Gasteiger partial charge on any atom is 0.433 e. The lowest BCUT2D eigenvalue weighted by Crippen LogP contribution is -2.13. The maximum absolute atomic E-state index is 13.3. The summed E-state index contributed by atoms with van der Waals surface area (Å²) in [5.74, 6) is -0.698. The quantitative estimate of drug-likeness (QED) is 0.547. The fraction of sp³-hybridized carbons (Fsp3) is 0.0588. The molecule has 0 aliphatic heterocycles. The zero-order chi connectivity index (χ0) is 18.0. The highest BCUT2D eigenvalue weighted by Gasteiger charge is 2.38. The number of anilines is 1. The van der Waals surface area contributed by atoms with Crippen LogP contribution >= 0.6 is 22.6 Å². The van der Waals surface area contributed by atoms with Gasteiger partial charge in [0.1, 0.15) is 5.69 Å². The molecule has 0 aliphatic rings. The minimum absolute atomic E-state index is 0.165. The Bertz CT molecular complexity index is 890. The first-order valence-electron chi connectivity index (χ1n) is 7.14. The number of hydrogen-bond donors (Lipinski definition) is 2. The van der Waals surface area contributed by atoms with Crippen LogP contribution in [0.3, 0.4) is 0 Å². The zero-order valence-corrected chi connectivity index (χ0v) is 14.7. The number of benzene rings is 2. The highest BCUT2D eigenvalue weighted by atomic mass is 127. The van der Waals surface area contributed by atoms with Crippen molar-refractivity contribution in [3.8, 4) is 11.1 Å². The standard InChI is InChI=1S/C17H11F3IN3O/c18-17(19,20)14-13(10-4-2-1-3-5-10)15(24-23-14)22-16(25)11-6-8-12(21)9-7-11/h1-9H,(H2,22,23,24,25). The monoisotopic (exact) mass is 457 g/mol. The number of carbonyl (C=O) groups excluding carboxylic acids is 1. The molecule has 0 saturated heterocycles. The first kappa shape index (κ1) is 17.5. The van der Waals surface area contributed by atoms with Gasteiger partial charge in [-0.3, -0.25) is 9.89 Å². The van der Waals surface area contributed by atoms with E-state index < -0.39 is 17.8 Å². The van der Waals surface area contributed by atoms with E-state index in [4.69, 9.17) is 0 Å². The minimum Gasteiger partial charge on any atom is -0.305 e. The Morgan fingerprint density at radius 3 is 2.28 bits per heavy atom. The van der Waals surface area contributed by atoms with E-state index in [0.29, 0.717) is 11.1 Å². The van der Waals surface area contributed by atoms with Crippen LogP contribution in [0.15, 0.2) is 54.6 Å². The Kier molecular flexibility index (Phi) is 4.80. The van der Waals surface area contributed by atoms with Crippen molar-refractivity contribution in [3.63, 3.8) is 0 Å². The highest BCUT2D eigenvalue weighted by Crippen LogP contribution is 2.39. The van der Waals surface area contributed by atoms with Crippen LogP contribution < -0.4 is 5.32 Å². The molecule has 0 radical (unpaired) electrons. The molecule has 3 rings (SSSR count). The van der Waals surface area contributed by atoms with E-state index in [2.05, 4.69) is 33.0 Å². The molecule has 1 amide bonds. The summed E-state index contributed by atoms with van der Waals surface area (Å²) in [4.78, 5) is 12.3. The fourth-order valence-corrected chi connectivity index (χ4v) is 2.66. The summed E-state index contributed by atoms with van der Waals surface area (Å²) in [6.45, 7) is 0. The SMILES string of the molecule is O=C(Nc1n[nH]c(C(F)(F)F)c1-c1ccccc1)c1ccc(I)cc1. The number of rotatable bonds is 3. The summed E-state index contributed by atoms with van der Waals surface area (Å²) in [6.07, 6.45) is -4.62. The van der Waals surface area contributed by atoms with Gasteiger partial charge in [0.25, 0.3) is 5.91 Å². The van der Waals surface area contributed by atoms with Gasteiger partial charge in [-0.15, -0.1) is 0 Å². The third-order valence-electron chi connectivity index (χ3n) is 3.45. The van der Waals surface area contributed by atoms with E-state index in [1.807, 2.05) is 5.10 Å². The summed E-state index contributed by atoms with van der Waals surface area (Å²) in [5, 5.41) is 8.10. The summed E-state index contributed by atoms with van der Waals surface area (Å²) in [6, 6.07) is 14.6. The van der Waals surface area contributed by atoms with Crippen molar-refractivity contribution in [3.05, 3.63) is 69.4 Å². The second-order valence-electron chi connectivity index (χ2n) is 5.15. The van der Waals surface area contributed by atoms with E-state index in [1.165, 1.54) is 12.1 Å². The van der Waals surface area contributed by atoms with Crippen LogP contribution in [-0.4, -0.2) is 16.1 Å². The van der Waals surface area contributed by atoms with Crippen molar-refractivity contribution in [2.45, 2.75) is 6.18 Å². The van der Waals surface area contributed by atoms with Crippen molar-refractivity contribution >= 4 is 34.3 Å². The third kappa shape index (κ3) is 3.84. The number of halogens is 4. The van der Waals surface area contributed by atoms with E-state index in [-0.39, 0.29) is 11.4 Å². The Labute approximate surface area is 154 Å². The van der Waals surface area contributed by atoms with Crippen molar-refractivity contribution in [1.29, 1.82) is 0 Å². The van der Waals surface area contributed by atoms with Gasteiger partial charge in [-0.1, -0.05) is 30.3 Å². The predicted molar refractivity (Wildman–Crippen MR) is 96.1 cm³/mol. The molecule has 3 aromatic rings. The number of hydrogen-bond acceptors (Lipinski definition) is 2. The topological polar surface area (TPSA) is 57.8 Å². The van der Waals surface area contributed by atoms with Gasteiger partial charge in [0.05, 0.1) is 5.56 Å². The molecule has 128 valence electrons. The Morgan fingerprint density at radius 2 is 1.68 bits per heavy atom. The van der Waals surface area contributed by atoms with Crippen molar-refractivity contribution in [1.82, 2.24) is 10.2 Å². The molecular formula is C17H11F3IN3O. The van der Waals surface area contributed by atoms with Crippen LogP contribution in [0.5, 0.6) is 0 Å². The molecule has 0 aliphatic carbocycles. The van der Waals surface area contributed by atoms with Gasteiger partial charge < -0.3 is 5.32 Å². The van der Waals surface area contributed by atoms with Gasteiger partial charge in [0, 0.05) is 9.13 Å². The summed E-state index contributed by atoms with van der Waals surface area (Å²) in [7, 11) is 0. The molecule has 0 fully saturated rings. The van der Waals surface area contributed by atoms with Crippen LogP contribution in [0.25, 0.3) is 11.1 Å². The number of alkyl halides is 3. The van der Waals surface area contributed by atoms with Crippen LogP contribution in [0.2, 0.25) is 0 Å². The van der Waals surface area contributed by atoms with Crippen LogP contribution in [0.1, 0.15) is 16.1 Å². The molecule has 8 heteroatoms. The molecule has 2 aromatic carbocycles. The first-order valence-corrected chi connectivity index (χ1v) is 8.22. The Morgan fingerprint density at radius 1 is 1.04 bits per heavy atom. The molecule has 2 N–H and O–H groups in total. The zero-order valence-electron chi connectivity index (χ0n) is 12.6. The van der Waals surface area contributed by atoms with E-state index in [1.54, 1.807) is 42.5 Å². The van der Waals surface area contributed by atoms with Gasteiger partial charge >= 0.3 is 6.18 Å². The van der Waals surface area contributed by atoms with Crippen LogP contribution in [-0.2, 0) is 6.18 Å². The Hall–Kier alpha value is -2.36. The van der Waals surface area contributed by atoms with Crippen LogP contribution in [0.4, 0.5) is 19.0 Å². The van der Waals surface area contributed by atoms with Gasteiger partial charge in [-0.2, -0.15) is 18.3 Å². The molecule has 1 heterocycles. The second-order valence-corrected chi connectivity index (χ2v) is 6.39. The smallest absolute Gasteiger partial charge is 0.305 e. The molecule has 1 aromatic heterocycles. The molecule has 4 nitrogen and oxygen atoms in total. The molecule has 0 unspecified atom stereocenters. The van der Waals surface area contributed by atoms with Crippen molar-refractivity contribution in [2.24, 2.45) is 0 Å². The maximum atomic E-state index is 13.3. The van der Waals surface area contributed by atoms with Crippen molar-refractivity contribution < 1.29 is 18.0 Å². The molecule has 0 bridgehead atoms. The number of aromatic amines is 1. The number of nitrogens with one attached hydrogen (secondary N) is 2. The second kappa shape index (κ2) is 6.87. The van der Waals surface area contributed by atoms with Gasteiger partial charge in [-0.05, 0) is 52.4 Å². The first-order chi connectivity index (χ1) is 11.9. The fourth-order valence-electron chi connectivity index (χ4n) is 2.30. The molecule has 25 heavy (non-hydrogen) atoms. The summed E-state index contributed by atoms with van der Waals surface area (Å²) < 4.78 is 40.7. The van der Waals surface area contributed by atoms with Gasteiger partial charge in [-0.25, -0.2) is 0 Å². The lowest BCUT2D eigenvalue weighted by atomic mass is 10.0. The summed E-state index contributed by atoms with van der Waals surface area (Å²) in [5.41, 5.74) is -0.555. The van der Waals surface area contributed by atoms with Crippen LogP contribution in [0, 0.1) is 3.57 Å². The highest BCUT2D eigenvalue weighted by molar-refractivity contribution is 14.1. The number of aromatic nitrogens is 2. The third-order valence-corrected chi connectivity index (χ3v) is 4.17. The average molecular weight is 457 g/mol. The normalized spacial score (nSPS) is 11.4. The van der Waals surface area contributed by atoms with E-state index in [0.717, 1.165) is 3.57 Å². The lowest BCUT2D eigenvalue weighted by Gasteiger charge is -2.10. The van der Waals surface area contributed by atoms with Gasteiger partial charge in [0.15, 0.2) is 5.82 Å². The Balaban J connectivity index is 2.00. The number of nitrogens with zero attached hydrogens (tertiary/aromatic N) is 1. The molecule has 0 atom stereocenters. The van der Waals surface area contributed by atoms with E-state index >= 15 is 0 Å². The minimum atomic E-state index is -4.62. The molecule has 0 spiro atoms. The molecule has 0 saturated carbocycles. The van der Waals surface area contributed by atoms with E-state index in [9.17, 15) is 18.0 Å². The summed E-state index contributed by atoms with van der Waals surface area (Å²) >= 11 is 2.09. The van der Waals surface area contributed by atoms with Crippen molar-refractivity contribution in [2.75, 3.05) is 5.32 Å². The largest absolute Gasteiger partial charge is 0.433 e.